The maximum Gasteiger partial charge on any atom is 0.226 e. The lowest BCUT2D eigenvalue weighted by molar-refractivity contribution is -0.139. The van der Waals surface area contributed by atoms with E-state index in [1.165, 1.54) is 11.3 Å². The SMILES string of the molecule is O=C(C1CC=C(C2C(O)C=CCC2F)CC1)N(C1CC1)C1CCc2[nH]ncc2C1. The molecule has 156 valence electrons. The molecule has 0 aromatic carbocycles. The minimum Gasteiger partial charge on any atom is -0.388 e. The van der Waals surface area contributed by atoms with Crippen molar-refractivity contribution in [3.8, 4) is 0 Å². The van der Waals surface area contributed by atoms with E-state index in [4.69, 9.17) is 0 Å². The Balaban J connectivity index is 1.28. The number of halogens is 1. The van der Waals surface area contributed by atoms with E-state index in [1.54, 1.807) is 12.2 Å². The fourth-order valence-corrected chi connectivity index (χ4v) is 5.52. The van der Waals surface area contributed by atoms with Gasteiger partial charge in [0.15, 0.2) is 0 Å². The first-order valence-electron chi connectivity index (χ1n) is 11.1. The van der Waals surface area contributed by atoms with E-state index in [0.717, 1.165) is 44.1 Å². The summed E-state index contributed by atoms with van der Waals surface area (Å²) < 4.78 is 14.4. The standard InChI is InChI=1S/C23H30FN3O2/c24-19-2-1-3-21(28)22(19)14-4-6-15(7-5-14)23(29)27(17-8-9-17)18-10-11-20-16(12-18)13-25-26-20/h1,3-4,13,15,17-19,21-22,28H,2,5-12H2,(H,25,26). The second-order valence-corrected chi connectivity index (χ2v) is 9.19. The third-order valence-corrected chi connectivity index (χ3v) is 7.25. The van der Waals surface area contributed by atoms with Crippen LogP contribution in [0.4, 0.5) is 4.39 Å². The largest absolute Gasteiger partial charge is 0.388 e. The molecule has 2 N–H and O–H groups in total. The van der Waals surface area contributed by atoms with Crippen LogP contribution in [0.25, 0.3) is 0 Å². The molecule has 6 heteroatoms. The second kappa shape index (κ2) is 7.71. The maximum absolute atomic E-state index is 14.4. The first-order chi connectivity index (χ1) is 14.1. The molecular formula is C23H30FN3O2. The number of nitrogens with one attached hydrogen (secondary N) is 1. The summed E-state index contributed by atoms with van der Waals surface area (Å²) >= 11 is 0. The summed E-state index contributed by atoms with van der Waals surface area (Å²) in [7, 11) is 0. The topological polar surface area (TPSA) is 69.2 Å². The summed E-state index contributed by atoms with van der Waals surface area (Å²) in [6.07, 6.45) is 13.2. The molecule has 4 aliphatic rings. The molecule has 5 rings (SSSR count). The van der Waals surface area contributed by atoms with Crippen molar-refractivity contribution in [3.05, 3.63) is 41.3 Å². The Morgan fingerprint density at radius 3 is 2.76 bits per heavy atom. The third kappa shape index (κ3) is 3.67. The molecule has 29 heavy (non-hydrogen) atoms. The van der Waals surface area contributed by atoms with E-state index in [1.807, 2.05) is 12.3 Å². The Labute approximate surface area is 171 Å². The molecule has 1 saturated carbocycles. The van der Waals surface area contributed by atoms with Gasteiger partial charge < -0.3 is 10.0 Å². The molecule has 0 saturated heterocycles. The van der Waals surface area contributed by atoms with Crippen LogP contribution >= 0.6 is 0 Å². The van der Waals surface area contributed by atoms with E-state index >= 15 is 0 Å². The van der Waals surface area contributed by atoms with Crippen LogP contribution < -0.4 is 0 Å². The first-order valence-corrected chi connectivity index (χ1v) is 11.1. The molecule has 0 aliphatic heterocycles. The van der Waals surface area contributed by atoms with Crippen molar-refractivity contribution >= 4 is 5.91 Å². The molecule has 5 atom stereocenters. The van der Waals surface area contributed by atoms with Crippen molar-refractivity contribution in [1.29, 1.82) is 0 Å². The average Bonchev–Trinajstić information content (AvgIpc) is 3.44. The van der Waals surface area contributed by atoms with Crippen LogP contribution in [0.1, 0.15) is 56.2 Å². The van der Waals surface area contributed by atoms with E-state index in [2.05, 4.69) is 15.1 Å². The van der Waals surface area contributed by atoms with Gasteiger partial charge in [0, 0.05) is 29.6 Å². The number of amides is 1. The van der Waals surface area contributed by atoms with E-state index in [0.29, 0.717) is 25.3 Å². The number of allylic oxidation sites excluding steroid dienone is 2. The Hall–Kier alpha value is -1.95. The Morgan fingerprint density at radius 1 is 1.17 bits per heavy atom. The van der Waals surface area contributed by atoms with Crippen LogP contribution in [-0.2, 0) is 17.6 Å². The molecule has 1 aromatic rings. The number of carbonyl (C=O) groups is 1. The van der Waals surface area contributed by atoms with Gasteiger partial charge in [-0.3, -0.25) is 9.89 Å². The van der Waals surface area contributed by atoms with E-state index in [-0.39, 0.29) is 17.9 Å². The molecule has 0 bridgehead atoms. The fourth-order valence-electron chi connectivity index (χ4n) is 5.52. The van der Waals surface area contributed by atoms with Crippen molar-refractivity contribution in [2.24, 2.45) is 11.8 Å². The summed E-state index contributed by atoms with van der Waals surface area (Å²) in [5.74, 6) is -0.173. The summed E-state index contributed by atoms with van der Waals surface area (Å²) in [6.45, 7) is 0. The van der Waals surface area contributed by atoms with Crippen LogP contribution in [-0.4, -0.2) is 50.5 Å². The van der Waals surface area contributed by atoms with Gasteiger partial charge in [0.1, 0.15) is 6.17 Å². The number of hydrogen-bond donors (Lipinski definition) is 2. The zero-order chi connectivity index (χ0) is 20.0. The van der Waals surface area contributed by atoms with Gasteiger partial charge in [-0.05, 0) is 63.4 Å². The lowest BCUT2D eigenvalue weighted by atomic mass is 9.76. The zero-order valence-corrected chi connectivity index (χ0v) is 16.8. The molecule has 4 aliphatic carbocycles. The number of aromatic nitrogens is 2. The number of aromatic amines is 1. The van der Waals surface area contributed by atoms with Crippen LogP contribution in [0.15, 0.2) is 30.0 Å². The van der Waals surface area contributed by atoms with Gasteiger partial charge >= 0.3 is 0 Å². The lowest BCUT2D eigenvalue weighted by Crippen LogP contribution is -2.47. The Morgan fingerprint density at radius 2 is 2.03 bits per heavy atom. The van der Waals surface area contributed by atoms with Crippen LogP contribution in [0.2, 0.25) is 0 Å². The molecule has 1 fully saturated rings. The quantitative estimate of drug-likeness (QED) is 0.764. The van der Waals surface area contributed by atoms with Crippen LogP contribution in [0.3, 0.4) is 0 Å². The van der Waals surface area contributed by atoms with Gasteiger partial charge in [0.05, 0.1) is 12.3 Å². The molecular weight excluding hydrogens is 369 g/mol. The maximum atomic E-state index is 14.4. The van der Waals surface area contributed by atoms with E-state index < -0.39 is 18.2 Å². The molecule has 0 radical (unpaired) electrons. The van der Waals surface area contributed by atoms with Crippen molar-refractivity contribution in [3.63, 3.8) is 0 Å². The number of hydrogen-bond acceptors (Lipinski definition) is 3. The number of nitrogens with zero attached hydrogens (tertiary/aromatic N) is 2. The molecule has 1 aromatic heterocycles. The number of carbonyl (C=O) groups excluding carboxylic acids is 1. The summed E-state index contributed by atoms with van der Waals surface area (Å²) in [5.41, 5.74) is 3.46. The number of H-pyrrole nitrogens is 1. The Bertz CT molecular complexity index is 828. The van der Waals surface area contributed by atoms with Crippen LogP contribution in [0, 0.1) is 11.8 Å². The summed E-state index contributed by atoms with van der Waals surface area (Å²) in [5, 5.41) is 17.5. The number of alkyl halides is 1. The van der Waals surface area contributed by atoms with Gasteiger partial charge in [-0.25, -0.2) is 4.39 Å². The summed E-state index contributed by atoms with van der Waals surface area (Å²) in [6, 6.07) is 0.665. The Kier molecular flexibility index (Phi) is 5.06. The first kappa shape index (κ1) is 19.0. The number of aryl methyl sites for hydroxylation is 1. The smallest absolute Gasteiger partial charge is 0.226 e. The van der Waals surface area contributed by atoms with Gasteiger partial charge in [0.2, 0.25) is 5.91 Å². The zero-order valence-electron chi connectivity index (χ0n) is 16.8. The highest BCUT2D eigenvalue weighted by atomic mass is 19.1. The van der Waals surface area contributed by atoms with Gasteiger partial charge in [-0.15, -0.1) is 0 Å². The van der Waals surface area contributed by atoms with Crippen LogP contribution in [0.5, 0.6) is 0 Å². The average molecular weight is 400 g/mol. The number of aliphatic hydroxyl groups excluding tert-OH is 1. The fraction of sp³-hybridized carbons (Fsp3) is 0.652. The van der Waals surface area contributed by atoms with Crippen molar-refractivity contribution in [2.75, 3.05) is 0 Å². The number of aliphatic hydroxyl groups is 1. The minimum absolute atomic E-state index is 0.0144. The normalized spacial score (nSPS) is 34.4. The monoisotopic (exact) mass is 399 g/mol. The summed E-state index contributed by atoms with van der Waals surface area (Å²) in [4.78, 5) is 15.7. The lowest BCUT2D eigenvalue weighted by Gasteiger charge is -2.38. The van der Waals surface area contributed by atoms with Gasteiger partial charge in [0.25, 0.3) is 0 Å². The van der Waals surface area contributed by atoms with Gasteiger partial charge in [-0.2, -0.15) is 5.10 Å². The van der Waals surface area contributed by atoms with Gasteiger partial charge in [-0.1, -0.05) is 23.8 Å². The highest BCUT2D eigenvalue weighted by Crippen LogP contribution is 2.39. The predicted molar refractivity (Wildman–Crippen MR) is 108 cm³/mol. The third-order valence-electron chi connectivity index (χ3n) is 7.25. The predicted octanol–water partition coefficient (Wildman–Crippen LogP) is 3.26. The number of rotatable bonds is 4. The van der Waals surface area contributed by atoms with Crippen molar-refractivity contribution in [2.45, 2.75) is 82.1 Å². The highest BCUT2D eigenvalue weighted by molar-refractivity contribution is 5.80. The molecule has 0 spiro atoms. The van der Waals surface area contributed by atoms with Crippen molar-refractivity contribution < 1.29 is 14.3 Å². The minimum atomic E-state index is -1.03. The number of fused-ring (bicyclic) bond motifs is 1. The molecule has 5 nitrogen and oxygen atoms in total. The second-order valence-electron chi connectivity index (χ2n) is 9.19. The highest BCUT2D eigenvalue weighted by Gasteiger charge is 2.42. The molecule has 1 amide bonds. The molecule has 5 unspecified atom stereocenters. The molecule has 1 heterocycles. The van der Waals surface area contributed by atoms with Crippen molar-refractivity contribution in [1.82, 2.24) is 15.1 Å². The van der Waals surface area contributed by atoms with E-state index in [9.17, 15) is 14.3 Å².